The molecular formula is C22H23F3N4O2S. The molecule has 0 bridgehead atoms. The molecule has 3 aromatic rings. The first-order valence-electron chi connectivity index (χ1n) is 10.4. The molecule has 1 fully saturated rings. The summed E-state index contributed by atoms with van der Waals surface area (Å²) >= 11 is 1.57. The smallest absolute Gasteiger partial charge is 0.340 e. The zero-order valence-corrected chi connectivity index (χ0v) is 18.2. The Bertz CT molecular complexity index is 1030. The number of hydrogen-bond donors (Lipinski definition) is 0. The normalized spacial score (nSPS) is 15.3. The van der Waals surface area contributed by atoms with Gasteiger partial charge in [0.15, 0.2) is 0 Å². The topological polar surface area (TPSA) is 62.5 Å². The summed E-state index contributed by atoms with van der Waals surface area (Å²) in [6, 6.07) is 8.87. The third-order valence-electron chi connectivity index (χ3n) is 5.41. The number of halogens is 3. The lowest BCUT2D eigenvalue weighted by Gasteiger charge is -2.34. The number of nitrogens with zero attached hydrogens (tertiary/aromatic N) is 4. The van der Waals surface area contributed by atoms with Gasteiger partial charge in [0.1, 0.15) is 0 Å². The van der Waals surface area contributed by atoms with Crippen molar-refractivity contribution in [3.63, 3.8) is 0 Å². The van der Waals surface area contributed by atoms with Gasteiger partial charge in [-0.3, -0.25) is 9.69 Å². The van der Waals surface area contributed by atoms with E-state index in [4.69, 9.17) is 4.52 Å². The fourth-order valence-corrected chi connectivity index (χ4v) is 4.33. The first-order valence-corrected chi connectivity index (χ1v) is 11.3. The molecule has 1 aliphatic rings. The Morgan fingerprint density at radius 1 is 1.12 bits per heavy atom. The maximum atomic E-state index is 12.9. The number of rotatable bonds is 7. The Labute approximate surface area is 187 Å². The summed E-state index contributed by atoms with van der Waals surface area (Å²) in [7, 11) is 0. The molecule has 1 aromatic carbocycles. The molecule has 1 saturated heterocycles. The number of aryl methyl sites for hydroxylation is 1. The Morgan fingerprint density at radius 3 is 2.66 bits per heavy atom. The predicted molar refractivity (Wildman–Crippen MR) is 114 cm³/mol. The molecular weight excluding hydrogens is 441 g/mol. The first-order chi connectivity index (χ1) is 15.4. The summed E-state index contributed by atoms with van der Waals surface area (Å²) in [6.45, 7) is 3.46. The van der Waals surface area contributed by atoms with Gasteiger partial charge in [-0.1, -0.05) is 29.4 Å². The van der Waals surface area contributed by atoms with Gasteiger partial charge in [-0.25, -0.2) is 0 Å². The summed E-state index contributed by atoms with van der Waals surface area (Å²) in [6.07, 6.45) is -2.87. The van der Waals surface area contributed by atoms with Crippen molar-refractivity contribution in [2.45, 2.75) is 25.4 Å². The van der Waals surface area contributed by atoms with E-state index in [9.17, 15) is 18.0 Å². The molecule has 10 heteroatoms. The molecule has 1 aliphatic heterocycles. The molecule has 0 unspecified atom stereocenters. The second kappa shape index (κ2) is 9.83. The number of carbonyl (C=O) groups is 1. The second-order valence-electron chi connectivity index (χ2n) is 7.69. The summed E-state index contributed by atoms with van der Waals surface area (Å²) in [4.78, 5) is 21.9. The van der Waals surface area contributed by atoms with E-state index >= 15 is 0 Å². The van der Waals surface area contributed by atoms with E-state index in [1.54, 1.807) is 22.3 Å². The zero-order chi connectivity index (χ0) is 22.6. The minimum Gasteiger partial charge on any atom is -0.340 e. The van der Waals surface area contributed by atoms with Crippen LogP contribution in [0.5, 0.6) is 0 Å². The van der Waals surface area contributed by atoms with Crippen molar-refractivity contribution in [2.24, 2.45) is 0 Å². The third kappa shape index (κ3) is 5.74. The minimum atomic E-state index is -4.41. The number of alkyl halides is 3. The minimum absolute atomic E-state index is 0.0202. The number of carbonyl (C=O) groups excluding carboxylic acids is 1. The van der Waals surface area contributed by atoms with Crippen molar-refractivity contribution in [1.29, 1.82) is 0 Å². The van der Waals surface area contributed by atoms with Crippen LogP contribution in [0.25, 0.3) is 10.7 Å². The van der Waals surface area contributed by atoms with Crippen LogP contribution in [0.2, 0.25) is 0 Å². The maximum Gasteiger partial charge on any atom is 0.416 e. The molecule has 0 spiro atoms. The van der Waals surface area contributed by atoms with Crippen molar-refractivity contribution in [1.82, 2.24) is 19.9 Å². The van der Waals surface area contributed by atoms with Crippen LogP contribution in [-0.2, 0) is 23.8 Å². The fourth-order valence-electron chi connectivity index (χ4n) is 3.68. The molecule has 1 amide bonds. The third-order valence-corrected chi connectivity index (χ3v) is 6.28. The molecule has 6 nitrogen and oxygen atoms in total. The van der Waals surface area contributed by atoms with Crippen LogP contribution in [0, 0.1) is 0 Å². The van der Waals surface area contributed by atoms with E-state index in [1.807, 2.05) is 17.5 Å². The monoisotopic (exact) mass is 464 g/mol. The van der Waals surface area contributed by atoms with Gasteiger partial charge in [-0.2, -0.15) is 18.2 Å². The first kappa shape index (κ1) is 22.5. The van der Waals surface area contributed by atoms with Gasteiger partial charge in [0.2, 0.25) is 17.6 Å². The molecule has 0 atom stereocenters. The molecule has 0 radical (unpaired) electrons. The Morgan fingerprint density at radius 2 is 1.94 bits per heavy atom. The van der Waals surface area contributed by atoms with Crippen molar-refractivity contribution in [2.75, 3.05) is 32.7 Å². The highest BCUT2D eigenvalue weighted by molar-refractivity contribution is 7.13. The van der Waals surface area contributed by atoms with Gasteiger partial charge in [0.05, 0.1) is 16.9 Å². The number of hydrogen-bond acceptors (Lipinski definition) is 6. The molecule has 2 aromatic heterocycles. The summed E-state index contributed by atoms with van der Waals surface area (Å²) < 4.78 is 43.9. The van der Waals surface area contributed by atoms with Gasteiger partial charge in [0, 0.05) is 32.6 Å². The average molecular weight is 465 g/mol. The summed E-state index contributed by atoms with van der Waals surface area (Å²) in [5.74, 6) is 1.09. The van der Waals surface area contributed by atoms with Crippen molar-refractivity contribution >= 4 is 17.2 Å². The standard InChI is InChI=1S/C22H23F3N4O2S/c23-22(24,25)17-5-1-4-16(14-17)15-20(30)29-11-9-28(10-12-29)8-2-7-19-26-21(27-31-19)18-6-3-13-32-18/h1,3-6,13-14H,2,7-12,15H2. The van der Waals surface area contributed by atoms with Gasteiger partial charge < -0.3 is 9.42 Å². The van der Waals surface area contributed by atoms with E-state index in [2.05, 4.69) is 15.0 Å². The zero-order valence-electron chi connectivity index (χ0n) is 17.3. The van der Waals surface area contributed by atoms with Crippen LogP contribution in [0.1, 0.15) is 23.4 Å². The van der Waals surface area contributed by atoms with Crippen LogP contribution < -0.4 is 0 Å². The maximum absolute atomic E-state index is 12.9. The van der Waals surface area contributed by atoms with Crippen LogP contribution in [0.3, 0.4) is 0 Å². The number of benzene rings is 1. The summed E-state index contributed by atoms with van der Waals surface area (Å²) in [5.41, 5.74) is -0.342. The van der Waals surface area contributed by atoms with E-state index in [1.165, 1.54) is 6.07 Å². The number of amides is 1. The molecule has 32 heavy (non-hydrogen) atoms. The van der Waals surface area contributed by atoms with Gasteiger partial charge in [0.25, 0.3) is 0 Å². The molecule has 0 N–H and O–H groups in total. The van der Waals surface area contributed by atoms with Gasteiger partial charge >= 0.3 is 6.18 Å². The van der Waals surface area contributed by atoms with E-state index in [0.29, 0.717) is 36.8 Å². The molecule has 0 saturated carbocycles. The predicted octanol–water partition coefficient (Wildman–Crippen LogP) is 4.14. The second-order valence-corrected chi connectivity index (χ2v) is 8.64. The highest BCUT2D eigenvalue weighted by Crippen LogP contribution is 2.29. The summed E-state index contributed by atoms with van der Waals surface area (Å²) in [5, 5.41) is 5.98. The number of thiophene rings is 1. The lowest BCUT2D eigenvalue weighted by molar-refractivity contribution is -0.138. The average Bonchev–Trinajstić information content (AvgIpc) is 3.46. The van der Waals surface area contributed by atoms with Crippen molar-refractivity contribution in [3.05, 3.63) is 58.8 Å². The highest BCUT2D eigenvalue weighted by atomic mass is 32.1. The highest BCUT2D eigenvalue weighted by Gasteiger charge is 2.30. The van der Waals surface area contributed by atoms with E-state index < -0.39 is 11.7 Å². The molecule has 170 valence electrons. The lowest BCUT2D eigenvalue weighted by Crippen LogP contribution is -2.49. The van der Waals surface area contributed by atoms with Crippen LogP contribution >= 0.6 is 11.3 Å². The van der Waals surface area contributed by atoms with Crippen molar-refractivity contribution in [3.8, 4) is 10.7 Å². The van der Waals surface area contributed by atoms with E-state index in [0.717, 1.165) is 43.1 Å². The van der Waals surface area contributed by atoms with Crippen molar-refractivity contribution < 1.29 is 22.5 Å². The largest absolute Gasteiger partial charge is 0.416 e. The van der Waals surface area contributed by atoms with Crippen LogP contribution in [0.15, 0.2) is 46.3 Å². The van der Waals surface area contributed by atoms with Gasteiger partial charge in [-0.15, -0.1) is 11.3 Å². The number of piperazine rings is 1. The van der Waals surface area contributed by atoms with Crippen LogP contribution in [0.4, 0.5) is 13.2 Å². The Balaban J connectivity index is 1.19. The fraction of sp³-hybridized carbons (Fsp3) is 0.409. The quantitative estimate of drug-likeness (QED) is 0.526. The molecule has 3 heterocycles. The van der Waals surface area contributed by atoms with Gasteiger partial charge in [-0.05, 0) is 36.0 Å². The van der Waals surface area contributed by atoms with E-state index in [-0.39, 0.29) is 12.3 Å². The SMILES string of the molecule is O=C(Cc1cccc(C(F)(F)F)c1)N1CCN(CCCc2nc(-c3cccs3)no2)CC1. The number of aromatic nitrogens is 2. The Hall–Kier alpha value is -2.72. The Kier molecular flexibility index (Phi) is 6.90. The lowest BCUT2D eigenvalue weighted by atomic mass is 10.1. The molecule has 0 aliphatic carbocycles. The molecule has 4 rings (SSSR count). The van der Waals surface area contributed by atoms with Crippen LogP contribution in [-0.4, -0.2) is 58.6 Å².